The maximum Gasteiger partial charge on any atom is 0.248 e. The van der Waals surface area contributed by atoms with Gasteiger partial charge in [0, 0.05) is 27.7 Å². The maximum absolute atomic E-state index is 11.7. The van der Waals surface area contributed by atoms with E-state index < -0.39 is 5.91 Å². The molecule has 1 amide bonds. The Labute approximate surface area is 194 Å². The highest BCUT2D eigenvalue weighted by molar-refractivity contribution is 6.30. The van der Waals surface area contributed by atoms with Gasteiger partial charge in [0.05, 0.1) is 11.0 Å². The van der Waals surface area contributed by atoms with Gasteiger partial charge in [-0.15, -0.1) is 0 Å². The third kappa shape index (κ3) is 3.88. The third-order valence-corrected chi connectivity index (χ3v) is 5.75. The molecule has 5 rings (SSSR count). The number of aromatic nitrogens is 2. The number of amides is 1. The highest BCUT2D eigenvalue weighted by Gasteiger charge is 2.18. The van der Waals surface area contributed by atoms with E-state index in [0.717, 1.165) is 16.6 Å². The SMILES string of the molecule is NC(=O)c1ccc2c(c1)nc(-c1ccc(-c3ccc(Cl)cc3)o1)n2Cc1ccc(Cl)cc1. The molecule has 0 aliphatic rings. The lowest BCUT2D eigenvalue weighted by Gasteiger charge is -2.09. The highest BCUT2D eigenvalue weighted by atomic mass is 35.5. The smallest absolute Gasteiger partial charge is 0.248 e. The van der Waals surface area contributed by atoms with E-state index in [1.54, 1.807) is 12.1 Å². The lowest BCUT2D eigenvalue weighted by molar-refractivity contribution is 0.100. The zero-order chi connectivity index (χ0) is 22.2. The van der Waals surface area contributed by atoms with Crippen molar-refractivity contribution < 1.29 is 9.21 Å². The van der Waals surface area contributed by atoms with E-state index in [0.29, 0.717) is 45.0 Å². The van der Waals surface area contributed by atoms with Gasteiger partial charge >= 0.3 is 0 Å². The van der Waals surface area contributed by atoms with Crippen LogP contribution >= 0.6 is 23.2 Å². The summed E-state index contributed by atoms with van der Waals surface area (Å²) in [6, 6.07) is 24.1. The van der Waals surface area contributed by atoms with Crippen LogP contribution in [0, 0.1) is 0 Å². The molecule has 0 fully saturated rings. The van der Waals surface area contributed by atoms with E-state index in [2.05, 4.69) is 0 Å². The molecule has 7 heteroatoms. The second-order valence-electron chi connectivity index (χ2n) is 7.39. The van der Waals surface area contributed by atoms with Crippen molar-refractivity contribution in [3.05, 3.63) is 100 Å². The quantitative estimate of drug-likeness (QED) is 0.328. The Hall–Kier alpha value is -3.54. The Morgan fingerprint density at radius 1 is 0.875 bits per heavy atom. The standard InChI is InChI=1S/C25H17Cl2N3O2/c26-18-6-1-15(2-7-18)14-30-21-10-5-17(24(28)31)13-20(21)29-25(30)23-12-11-22(32-23)16-3-8-19(27)9-4-16/h1-13H,14H2,(H2,28,31). The van der Waals surface area contributed by atoms with Gasteiger partial charge < -0.3 is 14.7 Å². The first-order valence-corrected chi connectivity index (χ1v) is 10.6. The maximum atomic E-state index is 11.7. The number of fused-ring (bicyclic) bond motifs is 1. The Bertz CT molecular complexity index is 1430. The summed E-state index contributed by atoms with van der Waals surface area (Å²) < 4.78 is 8.21. The van der Waals surface area contributed by atoms with Crippen LogP contribution in [0.25, 0.3) is 33.9 Å². The zero-order valence-electron chi connectivity index (χ0n) is 16.8. The van der Waals surface area contributed by atoms with Gasteiger partial charge in [0.2, 0.25) is 5.91 Å². The minimum absolute atomic E-state index is 0.404. The minimum atomic E-state index is -0.497. The summed E-state index contributed by atoms with van der Waals surface area (Å²) in [6.07, 6.45) is 0. The van der Waals surface area contributed by atoms with Gasteiger partial charge in [-0.25, -0.2) is 4.98 Å². The monoisotopic (exact) mass is 461 g/mol. The molecular weight excluding hydrogens is 445 g/mol. The predicted molar refractivity (Wildman–Crippen MR) is 127 cm³/mol. The summed E-state index contributed by atoms with van der Waals surface area (Å²) in [5.41, 5.74) is 9.36. The van der Waals surface area contributed by atoms with Crippen molar-refractivity contribution in [2.75, 3.05) is 0 Å². The highest BCUT2D eigenvalue weighted by Crippen LogP contribution is 2.32. The number of nitrogens with two attached hydrogens (primary N) is 1. The Morgan fingerprint density at radius 2 is 1.53 bits per heavy atom. The third-order valence-electron chi connectivity index (χ3n) is 5.24. The fraction of sp³-hybridized carbons (Fsp3) is 0.0400. The summed E-state index contributed by atoms with van der Waals surface area (Å²) in [5.74, 6) is 1.47. The fourth-order valence-corrected chi connectivity index (χ4v) is 3.88. The number of hydrogen-bond donors (Lipinski definition) is 1. The van der Waals surface area contributed by atoms with Crippen LogP contribution in [0.1, 0.15) is 15.9 Å². The summed E-state index contributed by atoms with van der Waals surface area (Å²) in [5, 5.41) is 1.34. The molecule has 2 heterocycles. The average Bonchev–Trinajstić information content (AvgIpc) is 3.41. The van der Waals surface area contributed by atoms with Crippen molar-refractivity contribution in [2.24, 2.45) is 5.73 Å². The normalized spacial score (nSPS) is 11.2. The van der Waals surface area contributed by atoms with E-state index in [9.17, 15) is 4.79 Å². The molecule has 0 saturated carbocycles. The van der Waals surface area contributed by atoms with Crippen LogP contribution in [0.15, 0.2) is 83.3 Å². The number of imidazole rings is 1. The minimum Gasteiger partial charge on any atom is -0.453 e. The number of carbonyl (C=O) groups excluding carboxylic acids is 1. The summed E-state index contributed by atoms with van der Waals surface area (Å²) in [7, 11) is 0. The van der Waals surface area contributed by atoms with Gasteiger partial charge in [-0.05, 0) is 72.3 Å². The van der Waals surface area contributed by atoms with Crippen LogP contribution in [0.3, 0.4) is 0 Å². The molecular formula is C25H17Cl2N3O2. The Kier molecular flexibility index (Phi) is 5.21. The molecule has 0 spiro atoms. The number of rotatable bonds is 5. The lowest BCUT2D eigenvalue weighted by atomic mass is 10.2. The molecule has 5 nitrogen and oxygen atoms in total. The van der Waals surface area contributed by atoms with Gasteiger partial charge in [0.1, 0.15) is 5.76 Å². The van der Waals surface area contributed by atoms with Crippen LogP contribution in [-0.4, -0.2) is 15.5 Å². The van der Waals surface area contributed by atoms with Crippen molar-refractivity contribution in [1.82, 2.24) is 9.55 Å². The Morgan fingerprint density at radius 3 is 2.22 bits per heavy atom. The molecule has 2 N–H and O–H groups in total. The molecule has 0 radical (unpaired) electrons. The van der Waals surface area contributed by atoms with E-state index in [-0.39, 0.29) is 0 Å². The average molecular weight is 462 g/mol. The Balaban J connectivity index is 1.63. The number of hydrogen-bond acceptors (Lipinski definition) is 3. The van der Waals surface area contributed by atoms with Gasteiger partial charge in [-0.3, -0.25) is 4.79 Å². The molecule has 5 aromatic rings. The molecule has 158 valence electrons. The lowest BCUT2D eigenvalue weighted by Crippen LogP contribution is -2.10. The molecule has 2 aromatic heterocycles. The number of benzene rings is 3. The van der Waals surface area contributed by atoms with Crippen LogP contribution < -0.4 is 5.73 Å². The molecule has 3 aromatic carbocycles. The van der Waals surface area contributed by atoms with Gasteiger partial charge in [-0.2, -0.15) is 0 Å². The van der Waals surface area contributed by atoms with Crippen LogP contribution in [0.5, 0.6) is 0 Å². The van der Waals surface area contributed by atoms with E-state index >= 15 is 0 Å². The van der Waals surface area contributed by atoms with E-state index in [4.69, 9.17) is 38.3 Å². The molecule has 0 unspecified atom stereocenters. The van der Waals surface area contributed by atoms with Crippen LogP contribution in [0.4, 0.5) is 0 Å². The topological polar surface area (TPSA) is 74.1 Å². The summed E-state index contributed by atoms with van der Waals surface area (Å²) >= 11 is 12.1. The number of primary amides is 1. The molecule has 0 bridgehead atoms. The first-order chi connectivity index (χ1) is 15.5. The number of furan rings is 1. The fourth-order valence-electron chi connectivity index (χ4n) is 3.63. The second-order valence-corrected chi connectivity index (χ2v) is 8.26. The first-order valence-electron chi connectivity index (χ1n) is 9.88. The van der Waals surface area contributed by atoms with Gasteiger partial charge in [0.15, 0.2) is 11.6 Å². The second kappa shape index (κ2) is 8.19. The van der Waals surface area contributed by atoms with Crippen molar-refractivity contribution in [1.29, 1.82) is 0 Å². The van der Waals surface area contributed by atoms with Crippen molar-refractivity contribution >= 4 is 40.1 Å². The zero-order valence-corrected chi connectivity index (χ0v) is 18.3. The number of carbonyl (C=O) groups is 1. The molecule has 0 aliphatic carbocycles. The van der Waals surface area contributed by atoms with Gasteiger partial charge in [0.25, 0.3) is 0 Å². The largest absolute Gasteiger partial charge is 0.453 e. The summed E-state index contributed by atoms with van der Waals surface area (Å²) in [4.78, 5) is 16.4. The van der Waals surface area contributed by atoms with Crippen molar-refractivity contribution in [3.8, 4) is 22.9 Å². The number of nitrogens with zero attached hydrogens (tertiary/aromatic N) is 2. The molecule has 32 heavy (non-hydrogen) atoms. The van der Waals surface area contributed by atoms with E-state index in [1.165, 1.54) is 0 Å². The first kappa shape index (κ1) is 20.4. The predicted octanol–water partition coefficient (Wildman–Crippen LogP) is 6.42. The van der Waals surface area contributed by atoms with Crippen molar-refractivity contribution in [3.63, 3.8) is 0 Å². The molecule has 0 aliphatic heterocycles. The number of halogens is 2. The van der Waals surface area contributed by atoms with Gasteiger partial charge in [-0.1, -0.05) is 35.3 Å². The van der Waals surface area contributed by atoms with Crippen LogP contribution in [-0.2, 0) is 6.54 Å². The molecule has 0 atom stereocenters. The summed E-state index contributed by atoms with van der Waals surface area (Å²) in [6.45, 7) is 0.551. The molecule has 0 saturated heterocycles. The van der Waals surface area contributed by atoms with E-state index in [1.807, 2.05) is 71.3 Å². The van der Waals surface area contributed by atoms with Crippen LogP contribution in [0.2, 0.25) is 10.0 Å². The van der Waals surface area contributed by atoms with Crippen molar-refractivity contribution in [2.45, 2.75) is 6.54 Å².